The van der Waals surface area contributed by atoms with Crippen LogP contribution in [0.1, 0.15) is 31.4 Å². The second-order valence-corrected chi connectivity index (χ2v) is 6.51. The van der Waals surface area contributed by atoms with Gasteiger partial charge in [-0.1, -0.05) is 18.2 Å². The molecule has 6 heteroatoms. The van der Waals surface area contributed by atoms with Gasteiger partial charge in [0.25, 0.3) is 5.91 Å². The molecule has 1 aromatic carbocycles. The van der Waals surface area contributed by atoms with Crippen LogP contribution in [-0.2, 0) is 9.59 Å². The van der Waals surface area contributed by atoms with E-state index in [-0.39, 0.29) is 11.4 Å². The van der Waals surface area contributed by atoms with Gasteiger partial charge < -0.3 is 19.6 Å². The fraction of sp³-hybridized carbons (Fsp3) is 0.474. The number of amides is 1. The molecule has 1 fully saturated rings. The van der Waals surface area contributed by atoms with E-state index in [4.69, 9.17) is 4.74 Å². The predicted octanol–water partition coefficient (Wildman–Crippen LogP) is 2.08. The number of benzene rings is 1. The summed E-state index contributed by atoms with van der Waals surface area (Å²) in [4.78, 5) is 28.6. The Balaban J connectivity index is 1.95. The molecule has 1 atom stereocenters. The molecule has 134 valence electrons. The molecule has 0 saturated carbocycles. The number of methoxy groups -OCH3 is 1. The average molecular weight is 344 g/mol. The number of ketones is 1. The van der Waals surface area contributed by atoms with Gasteiger partial charge in [-0.05, 0) is 38.9 Å². The summed E-state index contributed by atoms with van der Waals surface area (Å²) in [6.07, 6.45) is 2.35. The van der Waals surface area contributed by atoms with Crippen LogP contribution >= 0.6 is 0 Å². The van der Waals surface area contributed by atoms with Gasteiger partial charge >= 0.3 is 0 Å². The van der Waals surface area contributed by atoms with Crippen molar-refractivity contribution in [2.45, 2.75) is 25.8 Å². The third-order valence-electron chi connectivity index (χ3n) is 4.97. The van der Waals surface area contributed by atoms with E-state index in [2.05, 4.69) is 4.90 Å². The van der Waals surface area contributed by atoms with Gasteiger partial charge in [-0.25, -0.2) is 0 Å². The Bertz CT molecular complexity index is 707. The maximum atomic E-state index is 12.6. The van der Waals surface area contributed by atoms with Crippen LogP contribution in [0.3, 0.4) is 0 Å². The van der Waals surface area contributed by atoms with Crippen LogP contribution in [0.25, 0.3) is 0 Å². The van der Waals surface area contributed by atoms with E-state index in [9.17, 15) is 14.7 Å². The number of hydrogen-bond acceptors (Lipinski definition) is 5. The van der Waals surface area contributed by atoms with E-state index in [0.29, 0.717) is 17.9 Å². The normalized spacial score (nSPS) is 21.3. The smallest absolute Gasteiger partial charge is 0.290 e. The molecule has 3 rings (SSSR count). The van der Waals surface area contributed by atoms with Crippen LogP contribution in [0.4, 0.5) is 0 Å². The Morgan fingerprint density at radius 3 is 2.56 bits per heavy atom. The molecule has 2 aliphatic rings. The molecule has 1 N–H and O–H groups in total. The van der Waals surface area contributed by atoms with Gasteiger partial charge in [0.2, 0.25) is 0 Å². The minimum absolute atomic E-state index is 0.149. The summed E-state index contributed by atoms with van der Waals surface area (Å²) in [6.45, 7) is 4.63. The number of rotatable bonds is 6. The molecular formula is C19H24N2O4. The van der Waals surface area contributed by atoms with Crippen molar-refractivity contribution in [3.63, 3.8) is 0 Å². The number of carbonyl (C=O) groups is 2. The van der Waals surface area contributed by atoms with Gasteiger partial charge in [0.15, 0.2) is 11.5 Å². The van der Waals surface area contributed by atoms with Gasteiger partial charge in [0.1, 0.15) is 5.75 Å². The van der Waals surface area contributed by atoms with Crippen molar-refractivity contribution in [2.75, 3.05) is 33.3 Å². The first-order valence-electron chi connectivity index (χ1n) is 8.65. The fourth-order valence-corrected chi connectivity index (χ4v) is 3.71. The topological polar surface area (TPSA) is 70.1 Å². The van der Waals surface area contributed by atoms with E-state index >= 15 is 0 Å². The van der Waals surface area contributed by atoms with Crippen LogP contribution in [0.15, 0.2) is 35.6 Å². The molecule has 2 heterocycles. The second-order valence-electron chi connectivity index (χ2n) is 6.51. The highest BCUT2D eigenvalue weighted by molar-refractivity contribution is 6.08. The SMILES string of the molecule is COc1ccccc1C1C(C(C)=O)=C(O)C(=O)N1CCN1CCCC1. The summed E-state index contributed by atoms with van der Waals surface area (Å²) in [5.41, 5.74) is 0.866. The van der Waals surface area contributed by atoms with Crippen molar-refractivity contribution in [3.8, 4) is 5.75 Å². The minimum Gasteiger partial charge on any atom is -0.503 e. The highest BCUT2D eigenvalue weighted by atomic mass is 16.5. The standard InChI is InChI=1S/C19H24N2O4/c1-13(22)16-17(14-7-3-4-8-15(14)25-2)21(19(24)18(16)23)12-11-20-9-5-6-10-20/h3-4,7-8,17,23H,5-6,9-12H2,1-2H3. The van der Waals surface area contributed by atoms with Crippen molar-refractivity contribution in [1.82, 2.24) is 9.80 Å². The Hall–Kier alpha value is -2.34. The number of Topliss-reactive ketones (excluding diaryl/α,β-unsaturated/α-hetero) is 1. The largest absolute Gasteiger partial charge is 0.503 e. The Kier molecular flexibility index (Phi) is 5.08. The first-order valence-corrected chi connectivity index (χ1v) is 8.65. The molecule has 6 nitrogen and oxygen atoms in total. The summed E-state index contributed by atoms with van der Waals surface area (Å²) < 4.78 is 5.42. The fourth-order valence-electron chi connectivity index (χ4n) is 3.71. The number of ether oxygens (including phenoxy) is 1. The molecule has 0 aromatic heterocycles. The summed E-state index contributed by atoms with van der Waals surface area (Å²) in [6, 6.07) is 6.70. The van der Waals surface area contributed by atoms with Crippen LogP contribution < -0.4 is 4.74 Å². The van der Waals surface area contributed by atoms with Crippen molar-refractivity contribution in [1.29, 1.82) is 0 Å². The molecule has 25 heavy (non-hydrogen) atoms. The van der Waals surface area contributed by atoms with Crippen molar-refractivity contribution >= 4 is 11.7 Å². The van der Waals surface area contributed by atoms with Crippen LogP contribution in [0.2, 0.25) is 0 Å². The van der Waals surface area contributed by atoms with Crippen molar-refractivity contribution in [2.24, 2.45) is 0 Å². The number of nitrogens with zero attached hydrogens (tertiary/aromatic N) is 2. The average Bonchev–Trinajstić information content (AvgIpc) is 3.20. The van der Waals surface area contributed by atoms with Crippen LogP contribution in [0.5, 0.6) is 5.75 Å². The summed E-state index contributed by atoms with van der Waals surface area (Å²) in [5.74, 6) is -0.629. The first-order chi connectivity index (χ1) is 12.0. The zero-order valence-electron chi connectivity index (χ0n) is 14.7. The predicted molar refractivity (Wildman–Crippen MR) is 93.5 cm³/mol. The molecule has 0 aliphatic carbocycles. The van der Waals surface area contributed by atoms with Crippen molar-refractivity contribution in [3.05, 3.63) is 41.2 Å². The van der Waals surface area contributed by atoms with E-state index < -0.39 is 17.7 Å². The highest BCUT2D eigenvalue weighted by Gasteiger charge is 2.43. The molecule has 1 saturated heterocycles. The highest BCUT2D eigenvalue weighted by Crippen LogP contribution is 2.41. The third kappa shape index (κ3) is 3.26. The second kappa shape index (κ2) is 7.27. The van der Waals surface area contributed by atoms with Crippen LogP contribution in [0, 0.1) is 0 Å². The van der Waals surface area contributed by atoms with Gasteiger partial charge in [-0.3, -0.25) is 9.59 Å². The summed E-state index contributed by atoms with van der Waals surface area (Å²) >= 11 is 0. The lowest BCUT2D eigenvalue weighted by molar-refractivity contribution is -0.129. The zero-order chi connectivity index (χ0) is 18.0. The van der Waals surface area contributed by atoms with E-state index in [0.717, 1.165) is 19.6 Å². The molecule has 1 amide bonds. The summed E-state index contributed by atoms with van der Waals surface area (Å²) in [5, 5.41) is 10.3. The molecular weight excluding hydrogens is 320 g/mol. The van der Waals surface area contributed by atoms with E-state index in [1.807, 2.05) is 18.2 Å². The maximum Gasteiger partial charge on any atom is 0.290 e. The Labute approximate surface area is 147 Å². The van der Waals surface area contributed by atoms with Gasteiger partial charge in [0, 0.05) is 18.7 Å². The van der Waals surface area contributed by atoms with Crippen molar-refractivity contribution < 1.29 is 19.4 Å². The maximum absolute atomic E-state index is 12.6. The monoisotopic (exact) mass is 344 g/mol. The number of aliphatic hydroxyl groups is 1. The Morgan fingerprint density at radius 1 is 1.24 bits per heavy atom. The van der Waals surface area contributed by atoms with E-state index in [1.165, 1.54) is 19.8 Å². The molecule has 2 aliphatic heterocycles. The number of aliphatic hydroxyl groups excluding tert-OH is 1. The molecule has 1 aromatic rings. The third-order valence-corrected chi connectivity index (χ3v) is 4.97. The van der Waals surface area contributed by atoms with Gasteiger partial charge in [0.05, 0.1) is 18.7 Å². The van der Waals surface area contributed by atoms with Gasteiger partial charge in [-0.2, -0.15) is 0 Å². The summed E-state index contributed by atoms with van der Waals surface area (Å²) in [7, 11) is 1.56. The molecule has 0 radical (unpaired) electrons. The zero-order valence-corrected chi connectivity index (χ0v) is 14.7. The van der Waals surface area contributed by atoms with Crippen LogP contribution in [-0.4, -0.2) is 59.9 Å². The Morgan fingerprint density at radius 2 is 1.92 bits per heavy atom. The lowest BCUT2D eigenvalue weighted by atomic mass is 9.96. The minimum atomic E-state index is -0.608. The van der Waals surface area contributed by atoms with E-state index in [1.54, 1.807) is 18.1 Å². The number of likely N-dealkylation sites (tertiary alicyclic amines) is 1. The molecule has 0 bridgehead atoms. The quantitative estimate of drug-likeness (QED) is 0.855. The van der Waals surface area contributed by atoms with Gasteiger partial charge in [-0.15, -0.1) is 0 Å². The molecule has 0 spiro atoms. The number of hydrogen-bond donors (Lipinski definition) is 1. The first kappa shape index (κ1) is 17.5. The number of para-hydroxylation sites is 1. The lowest BCUT2D eigenvalue weighted by Crippen LogP contribution is -2.38. The lowest BCUT2D eigenvalue weighted by Gasteiger charge is -2.29. The number of carbonyl (C=O) groups excluding carboxylic acids is 2. The molecule has 1 unspecified atom stereocenters.